The van der Waals surface area contributed by atoms with Gasteiger partial charge < -0.3 is 24.4 Å². The summed E-state index contributed by atoms with van der Waals surface area (Å²) in [5, 5.41) is 19.7. The third kappa shape index (κ3) is 4.30. The number of Topliss-reactive ketones (excluding diaryl/α,β-unsaturated/α-hetero) is 1. The molecule has 5 rings (SSSR count). The van der Waals surface area contributed by atoms with Gasteiger partial charge in [-0.15, -0.1) is 0 Å². The number of ketones is 1. The highest BCUT2D eigenvalue weighted by Crippen LogP contribution is 2.72. The fourth-order valence-electron chi connectivity index (χ4n) is 6.10. The van der Waals surface area contributed by atoms with Crippen molar-refractivity contribution in [2.24, 2.45) is 5.92 Å². The van der Waals surface area contributed by atoms with E-state index in [1.54, 1.807) is 36.1 Å². The molecular formula is C29H31NO7. The number of carbonyl (C=O) groups is 2. The summed E-state index contributed by atoms with van der Waals surface area (Å²) in [6.07, 6.45) is 5.35. The molecule has 0 spiro atoms. The molecule has 8 heteroatoms. The van der Waals surface area contributed by atoms with Crippen molar-refractivity contribution in [2.75, 3.05) is 24.7 Å². The van der Waals surface area contributed by atoms with Gasteiger partial charge in [0, 0.05) is 18.4 Å². The lowest BCUT2D eigenvalue weighted by Gasteiger charge is -2.43. The van der Waals surface area contributed by atoms with E-state index in [-0.39, 0.29) is 44.4 Å². The Bertz CT molecular complexity index is 1260. The summed E-state index contributed by atoms with van der Waals surface area (Å²) in [4.78, 5) is 26.6. The molecule has 2 N–H and O–H groups in total. The molecule has 1 saturated carbocycles. The summed E-state index contributed by atoms with van der Waals surface area (Å²) >= 11 is 0. The van der Waals surface area contributed by atoms with Gasteiger partial charge in [-0.25, -0.2) is 4.79 Å². The number of epoxide rings is 1. The van der Waals surface area contributed by atoms with Crippen molar-refractivity contribution in [3.63, 3.8) is 0 Å². The third-order valence-electron chi connectivity index (χ3n) is 7.57. The molecule has 2 aliphatic heterocycles. The molecule has 2 heterocycles. The minimum Gasteiger partial charge on any atom is -0.491 e. The van der Waals surface area contributed by atoms with Crippen LogP contribution in [0.5, 0.6) is 5.75 Å². The summed E-state index contributed by atoms with van der Waals surface area (Å²) in [6, 6.07) is 4.82. The highest BCUT2D eigenvalue weighted by Gasteiger charge is 2.81. The lowest BCUT2D eigenvalue weighted by atomic mass is 9.64. The Labute approximate surface area is 216 Å². The summed E-state index contributed by atoms with van der Waals surface area (Å²) in [5.41, 5.74) is -1.31. The van der Waals surface area contributed by atoms with Crippen LogP contribution in [0.3, 0.4) is 0 Å². The number of hydrogen-bond donors (Lipinski definition) is 2. The first-order valence-electron chi connectivity index (χ1n) is 12.7. The SMILES string of the molecule is CC(=O)CC(C)(O)CCOC(=O)N1c2ccc(OCCO)cc2[C@@]23O[C@]24CCC[C@@H]3C#C/C=C\C#C[C@H]14. The average molecular weight is 506 g/mol. The number of aliphatic hydroxyl groups is 2. The molecule has 8 nitrogen and oxygen atoms in total. The van der Waals surface area contributed by atoms with E-state index < -0.39 is 28.9 Å². The van der Waals surface area contributed by atoms with Crippen molar-refractivity contribution in [1.82, 2.24) is 0 Å². The lowest BCUT2D eigenvalue weighted by molar-refractivity contribution is -0.121. The third-order valence-corrected chi connectivity index (χ3v) is 7.57. The second-order valence-corrected chi connectivity index (χ2v) is 10.3. The topological polar surface area (TPSA) is 109 Å². The zero-order valence-electron chi connectivity index (χ0n) is 21.1. The van der Waals surface area contributed by atoms with E-state index in [1.165, 1.54) is 6.92 Å². The van der Waals surface area contributed by atoms with Crippen LogP contribution in [0.25, 0.3) is 0 Å². The quantitative estimate of drug-likeness (QED) is 0.413. The van der Waals surface area contributed by atoms with Crippen LogP contribution in [0.4, 0.5) is 10.5 Å². The summed E-state index contributed by atoms with van der Waals surface area (Å²) in [5.74, 6) is 13.1. The van der Waals surface area contributed by atoms with Gasteiger partial charge in [0.2, 0.25) is 0 Å². The molecule has 1 aromatic carbocycles. The molecule has 2 aliphatic carbocycles. The Morgan fingerprint density at radius 3 is 2.78 bits per heavy atom. The second kappa shape index (κ2) is 9.54. The van der Waals surface area contributed by atoms with Crippen molar-refractivity contribution in [3.05, 3.63) is 35.9 Å². The van der Waals surface area contributed by atoms with Gasteiger partial charge in [-0.1, -0.05) is 23.7 Å². The van der Waals surface area contributed by atoms with E-state index in [1.807, 2.05) is 6.07 Å². The lowest BCUT2D eigenvalue weighted by Crippen LogP contribution is -2.57. The smallest absolute Gasteiger partial charge is 0.415 e. The van der Waals surface area contributed by atoms with Crippen molar-refractivity contribution >= 4 is 17.6 Å². The van der Waals surface area contributed by atoms with E-state index >= 15 is 0 Å². The number of carbonyl (C=O) groups excluding carboxylic acids is 2. The standard InChI is InChI=1S/C29H31NO7/c1-20(32)19-27(2,34)14-16-36-26(33)30-24-12-11-22(35-17-15-31)18-23(24)29-21-8-5-3-4-6-10-25(30)28(29,37-29)13-7-9-21/h3-4,11-12,18,21,25,31,34H,7,9,13-17,19H2,1-2H3/b4-3-/t21-,25-,27?,28-,29+/m0/s1. The minimum atomic E-state index is -1.27. The maximum atomic E-state index is 13.6. The van der Waals surface area contributed by atoms with Gasteiger partial charge in [0.05, 0.1) is 30.4 Å². The van der Waals surface area contributed by atoms with Gasteiger partial charge >= 0.3 is 6.09 Å². The van der Waals surface area contributed by atoms with Gasteiger partial charge in [0.1, 0.15) is 35.4 Å². The average Bonchev–Trinajstić information content (AvgIpc) is 3.56. The van der Waals surface area contributed by atoms with Crippen molar-refractivity contribution in [3.8, 4) is 29.4 Å². The van der Waals surface area contributed by atoms with Gasteiger partial charge in [0.15, 0.2) is 0 Å². The number of allylic oxidation sites excluding steroid dienone is 2. The predicted molar refractivity (Wildman–Crippen MR) is 135 cm³/mol. The van der Waals surface area contributed by atoms with Crippen LogP contribution >= 0.6 is 0 Å². The Balaban J connectivity index is 1.54. The van der Waals surface area contributed by atoms with Crippen LogP contribution in [0.15, 0.2) is 30.4 Å². The Morgan fingerprint density at radius 2 is 2.03 bits per heavy atom. The number of benzene rings is 1. The van der Waals surface area contributed by atoms with Crippen LogP contribution in [0, 0.1) is 29.6 Å². The Hall–Kier alpha value is -3.30. The molecule has 4 aliphatic rings. The van der Waals surface area contributed by atoms with Crippen molar-refractivity contribution in [1.29, 1.82) is 0 Å². The zero-order chi connectivity index (χ0) is 26.3. The van der Waals surface area contributed by atoms with Gasteiger partial charge in [-0.3, -0.25) is 9.69 Å². The summed E-state index contributed by atoms with van der Waals surface area (Å²) < 4.78 is 18.0. The van der Waals surface area contributed by atoms with Crippen LogP contribution in [0.1, 0.15) is 51.5 Å². The molecule has 1 saturated heterocycles. The largest absolute Gasteiger partial charge is 0.491 e. The molecule has 1 amide bonds. The highest BCUT2D eigenvalue weighted by atomic mass is 16.6. The maximum Gasteiger partial charge on any atom is 0.415 e. The number of rotatable bonds is 8. The number of nitrogens with zero attached hydrogens (tertiary/aromatic N) is 1. The number of aliphatic hydroxyl groups excluding tert-OH is 1. The molecule has 1 unspecified atom stereocenters. The van der Waals surface area contributed by atoms with Crippen LogP contribution in [-0.4, -0.2) is 59.2 Å². The molecule has 2 fully saturated rings. The van der Waals surface area contributed by atoms with Crippen molar-refractivity contribution in [2.45, 2.75) is 68.8 Å². The Morgan fingerprint density at radius 1 is 1.24 bits per heavy atom. The molecule has 5 atom stereocenters. The van der Waals surface area contributed by atoms with E-state index in [0.717, 1.165) is 18.4 Å². The zero-order valence-corrected chi connectivity index (χ0v) is 21.1. The number of ether oxygens (including phenoxy) is 3. The number of hydrogen-bond acceptors (Lipinski definition) is 7. The molecule has 0 aromatic heterocycles. The highest BCUT2D eigenvalue weighted by molar-refractivity contribution is 5.93. The molecular weight excluding hydrogens is 474 g/mol. The number of fused-ring (bicyclic) bond motifs is 1. The molecule has 1 aromatic rings. The van der Waals surface area contributed by atoms with Crippen molar-refractivity contribution < 1.29 is 34.0 Å². The first-order chi connectivity index (χ1) is 17.7. The van der Waals surface area contributed by atoms with E-state index in [2.05, 4.69) is 23.7 Å². The van der Waals surface area contributed by atoms with E-state index in [0.29, 0.717) is 17.9 Å². The summed E-state index contributed by atoms with van der Waals surface area (Å²) in [6.45, 7) is 2.94. The molecule has 37 heavy (non-hydrogen) atoms. The Kier molecular flexibility index (Phi) is 6.53. The second-order valence-electron chi connectivity index (χ2n) is 10.3. The van der Waals surface area contributed by atoms with Crippen LogP contribution < -0.4 is 9.64 Å². The van der Waals surface area contributed by atoms with Gasteiger partial charge in [0.25, 0.3) is 0 Å². The molecule has 194 valence electrons. The van der Waals surface area contributed by atoms with Crippen LogP contribution in [0.2, 0.25) is 0 Å². The maximum absolute atomic E-state index is 13.6. The number of anilines is 1. The fourth-order valence-corrected chi connectivity index (χ4v) is 6.10. The molecule has 0 radical (unpaired) electrons. The minimum absolute atomic E-state index is 0.0178. The normalized spacial score (nSPS) is 30.5. The van der Waals surface area contributed by atoms with Gasteiger partial charge in [-0.05, 0) is 63.5 Å². The van der Waals surface area contributed by atoms with Crippen LogP contribution in [-0.2, 0) is 19.9 Å². The van der Waals surface area contributed by atoms with E-state index in [4.69, 9.17) is 14.2 Å². The fraction of sp³-hybridized carbons (Fsp3) is 0.517. The van der Waals surface area contributed by atoms with E-state index in [9.17, 15) is 19.8 Å². The first kappa shape index (κ1) is 25.4. The predicted octanol–water partition coefficient (Wildman–Crippen LogP) is 2.84. The first-order valence-corrected chi connectivity index (χ1v) is 12.7. The summed E-state index contributed by atoms with van der Waals surface area (Å²) in [7, 11) is 0. The number of amides is 1. The molecule has 4 bridgehead atoms. The monoisotopic (exact) mass is 505 g/mol. The van der Waals surface area contributed by atoms with Gasteiger partial charge in [-0.2, -0.15) is 0 Å².